The predicted molar refractivity (Wildman–Crippen MR) is 34.5 cm³/mol. The van der Waals surface area contributed by atoms with Crippen molar-refractivity contribution in [1.29, 1.82) is 0 Å². The first-order valence-electron chi connectivity index (χ1n) is 3.59. The third-order valence-corrected chi connectivity index (χ3v) is 2.40. The summed E-state index contributed by atoms with van der Waals surface area (Å²) in [5.74, 6) is -0.182. The van der Waals surface area contributed by atoms with Gasteiger partial charge in [-0.15, -0.1) is 0 Å². The Hall–Kier alpha value is -0.700. The Kier molecular flexibility index (Phi) is 1.14. The van der Waals surface area contributed by atoms with Gasteiger partial charge in [-0.2, -0.15) is 0 Å². The Morgan fingerprint density at radius 1 is 1.20 bits per heavy atom. The zero-order chi connectivity index (χ0) is 7.14. The fourth-order valence-electron chi connectivity index (χ4n) is 1.72. The van der Waals surface area contributed by atoms with E-state index in [1.165, 1.54) is 0 Å². The first kappa shape index (κ1) is 6.04. The van der Waals surface area contributed by atoms with Gasteiger partial charge in [0, 0.05) is 18.4 Å². The highest BCUT2D eigenvalue weighted by molar-refractivity contribution is 6.45. The summed E-state index contributed by atoms with van der Waals surface area (Å²) in [5, 5.41) is 3.09. The van der Waals surface area contributed by atoms with E-state index < -0.39 is 0 Å². The lowest BCUT2D eigenvalue weighted by molar-refractivity contribution is -0.153. The van der Waals surface area contributed by atoms with Crippen LogP contribution in [0.1, 0.15) is 6.42 Å². The molecule has 2 atom stereocenters. The smallest absolute Gasteiger partial charge is 0.203 e. The van der Waals surface area contributed by atoms with Crippen molar-refractivity contribution in [3.8, 4) is 0 Å². The molecule has 0 bridgehead atoms. The number of carbonyl (C=O) groups excluding carboxylic acids is 2. The molecule has 2 aliphatic rings. The molecule has 1 saturated heterocycles. The van der Waals surface area contributed by atoms with Crippen molar-refractivity contribution < 1.29 is 9.59 Å². The fourth-order valence-corrected chi connectivity index (χ4v) is 1.72. The van der Waals surface area contributed by atoms with Crippen molar-refractivity contribution in [2.24, 2.45) is 11.8 Å². The van der Waals surface area contributed by atoms with Crippen molar-refractivity contribution in [2.45, 2.75) is 6.42 Å². The predicted octanol–water partition coefficient (Wildman–Crippen LogP) is -0.636. The Morgan fingerprint density at radius 3 is 2.60 bits per heavy atom. The number of ketones is 2. The minimum atomic E-state index is -0.155. The monoisotopic (exact) mass is 139 g/mol. The Labute approximate surface area is 58.8 Å². The van der Waals surface area contributed by atoms with Gasteiger partial charge in [-0.1, -0.05) is 0 Å². The summed E-state index contributed by atoms with van der Waals surface area (Å²) in [6.45, 7) is 1.61. The summed E-state index contributed by atoms with van der Waals surface area (Å²) in [5.41, 5.74) is 0. The van der Waals surface area contributed by atoms with Crippen LogP contribution in [0.5, 0.6) is 0 Å². The molecule has 0 radical (unpaired) electrons. The minimum Gasteiger partial charge on any atom is -0.316 e. The molecule has 2 fully saturated rings. The van der Waals surface area contributed by atoms with Crippen molar-refractivity contribution in [2.75, 3.05) is 13.1 Å². The molecular formula is C7H9NO2. The lowest BCUT2D eigenvalue weighted by Crippen LogP contribution is -2.56. The van der Waals surface area contributed by atoms with E-state index in [4.69, 9.17) is 0 Å². The van der Waals surface area contributed by atoms with E-state index in [1.54, 1.807) is 0 Å². The average molecular weight is 139 g/mol. The van der Waals surface area contributed by atoms with Crippen LogP contribution >= 0.6 is 0 Å². The highest BCUT2D eigenvalue weighted by atomic mass is 16.2. The van der Waals surface area contributed by atoms with Gasteiger partial charge < -0.3 is 5.32 Å². The molecule has 1 heterocycles. The van der Waals surface area contributed by atoms with E-state index in [0.29, 0.717) is 0 Å². The fraction of sp³-hybridized carbons (Fsp3) is 0.714. The van der Waals surface area contributed by atoms with Crippen LogP contribution in [0.4, 0.5) is 0 Å². The summed E-state index contributed by atoms with van der Waals surface area (Å²) in [6.07, 6.45) is 0.856. The van der Waals surface area contributed by atoms with Crippen LogP contribution in [0.15, 0.2) is 0 Å². The molecule has 1 saturated carbocycles. The van der Waals surface area contributed by atoms with E-state index in [9.17, 15) is 9.59 Å². The summed E-state index contributed by atoms with van der Waals surface area (Å²) in [4.78, 5) is 21.6. The van der Waals surface area contributed by atoms with Crippen molar-refractivity contribution in [1.82, 2.24) is 5.32 Å². The molecule has 0 spiro atoms. The Balaban J connectivity index is 2.13. The third kappa shape index (κ3) is 0.583. The first-order chi connectivity index (χ1) is 4.80. The van der Waals surface area contributed by atoms with Crippen LogP contribution in [0.3, 0.4) is 0 Å². The molecule has 1 aliphatic carbocycles. The van der Waals surface area contributed by atoms with Gasteiger partial charge >= 0.3 is 0 Å². The first-order valence-corrected chi connectivity index (χ1v) is 3.59. The quantitative estimate of drug-likeness (QED) is 0.454. The summed E-state index contributed by atoms with van der Waals surface area (Å²) in [7, 11) is 0. The van der Waals surface area contributed by atoms with Crippen LogP contribution in [0, 0.1) is 11.8 Å². The van der Waals surface area contributed by atoms with E-state index >= 15 is 0 Å². The van der Waals surface area contributed by atoms with Gasteiger partial charge in [0.1, 0.15) is 0 Å². The van der Waals surface area contributed by atoms with Gasteiger partial charge in [0.05, 0.1) is 0 Å². The SMILES string of the molecule is O=C1C(=O)C2CNCCC12. The number of rotatable bonds is 0. The Bertz CT molecular complexity index is 178. The molecule has 2 unspecified atom stereocenters. The largest absolute Gasteiger partial charge is 0.316 e. The number of carbonyl (C=O) groups is 2. The van der Waals surface area contributed by atoms with Crippen LogP contribution in [-0.4, -0.2) is 24.7 Å². The number of piperidine rings is 1. The van der Waals surface area contributed by atoms with Crippen molar-refractivity contribution in [3.05, 3.63) is 0 Å². The number of fused-ring (bicyclic) bond motifs is 1. The van der Waals surface area contributed by atoms with Gasteiger partial charge in [0.15, 0.2) is 0 Å². The van der Waals surface area contributed by atoms with Crippen LogP contribution in [0.25, 0.3) is 0 Å². The molecule has 54 valence electrons. The molecule has 3 heteroatoms. The minimum absolute atomic E-state index is 0.0289. The van der Waals surface area contributed by atoms with E-state index in [1.807, 2.05) is 0 Å². The Morgan fingerprint density at radius 2 is 1.90 bits per heavy atom. The molecule has 2 rings (SSSR count). The average Bonchev–Trinajstić information content (AvgIpc) is 2.03. The summed E-state index contributed by atoms with van der Waals surface area (Å²) < 4.78 is 0. The molecule has 10 heavy (non-hydrogen) atoms. The van der Waals surface area contributed by atoms with Gasteiger partial charge in [0.2, 0.25) is 11.6 Å². The van der Waals surface area contributed by atoms with Gasteiger partial charge in [0.25, 0.3) is 0 Å². The topological polar surface area (TPSA) is 46.2 Å². The maximum absolute atomic E-state index is 10.8. The molecule has 3 nitrogen and oxygen atoms in total. The van der Waals surface area contributed by atoms with Crippen molar-refractivity contribution >= 4 is 11.6 Å². The number of hydrogen-bond donors (Lipinski definition) is 1. The zero-order valence-electron chi connectivity index (χ0n) is 5.59. The second kappa shape index (κ2) is 1.89. The van der Waals surface area contributed by atoms with Gasteiger partial charge in [-0.3, -0.25) is 9.59 Å². The third-order valence-electron chi connectivity index (χ3n) is 2.40. The van der Waals surface area contributed by atoms with Crippen molar-refractivity contribution in [3.63, 3.8) is 0 Å². The van der Waals surface area contributed by atoms with Crippen LogP contribution < -0.4 is 5.32 Å². The van der Waals surface area contributed by atoms with Crippen LogP contribution in [-0.2, 0) is 9.59 Å². The second-order valence-electron chi connectivity index (χ2n) is 2.93. The molecule has 0 aromatic carbocycles. The lowest BCUT2D eigenvalue weighted by Gasteiger charge is -2.37. The molecule has 1 N–H and O–H groups in total. The maximum atomic E-state index is 10.8. The maximum Gasteiger partial charge on any atom is 0.203 e. The highest BCUT2D eigenvalue weighted by Gasteiger charge is 2.49. The number of Topliss-reactive ketones (excluding diaryl/α,β-unsaturated/α-hetero) is 2. The summed E-state index contributed by atoms with van der Waals surface area (Å²) in [6, 6.07) is 0. The molecule has 1 aliphatic heterocycles. The standard InChI is InChI=1S/C7H9NO2/c9-6-4-1-2-8-3-5(4)7(6)10/h4-5,8H,1-3H2. The van der Waals surface area contributed by atoms with E-state index in [0.717, 1.165) is 19.5 Å². The number of hydrogen-bond acceptors (Lipinski definition) is 3. The molecule has 0 aromatic heterocycles. The normalized spacial score (nSPS) is 38.8. The molecular weight excluding hydrogens is 130 g/mol. The van der Waals surface area contributed by atoms with Crippen LogP contribution in [0.2, 0.25) is 0 Å². The molecule has 0 aromatic rings. The number of nitrogens with one attached hydrogen (secondary N) is 1. The lowest BCUT2D eigenvalue weighted by atomic mass is 9.68. The van der Waals surface area contributed by atoms with E-state index in [-0.39, 0.29) is 23.4 Å². The summed E-state index contributed by atoms with van der Waals surface area (Å²) >= 11 is 0. The van der Waals surface area contributed by atoms with Gasteiger partial charge in [-0.05, 0) is 13.0 Å². The van der Waals surface area contributed by atoms with Gasteiger partial charge in [-0.25, -0.2) is 0 Å². The van der Waals surface area contributed by atoms with E-state index in [2.05, 4.69) is 5.32 Å². The molecule has 0 amide bonds. The zero-order valence-corrected chi connectivity index (χ0v) is 5.59. The second-order valence-corrected chi connectivity index (χ2v) is 2.93. The highest BCUT2D eigenvalue weighted by Crippen LogP contribution is 2.31.